The Labute approximate surface area is 110 Å². The van der Waals surface area contributed by atoms with Crippen molar-refractivity contribution in [1.29, 1.82) is 0 Å². The van der Waals surface area contributed by atoms with Gasteiger partial charge in [0.2, 0.25) is 0 Å². The Morgan fingerprint density at radius 2 is 2.11 bits per heavy atom. The lowest BCUT2D eigenvalue weighted by molar-refractivity contribution is 0.0876. The van der Waals surface area contributed by atoms with E-state index in [1.165, 1.54) is 11.1 Å². The predicted molar refractivity (Wildman–Crippen MR) is 75.2 cm³/mol. The van der Waals surface area contributed by atoms with Crippen LogP contribution in [0.2, 0.25) is 0 Å². The third kappa shape index (κ3) is 2.90. The number of hydrogen-bond acceptors (Lipinski definition) is 4. The molecule has 2 rings (SSSR count). The molecule has 0 amide bonds. The first-order chi connectivity index (χ1) is 8.61. The highest BCUT2D eigenvalue weighted by atomic mass is 15.3. The molecule has 1 fully saturated rings. The van der Waals surface area contributed by atoms with Crippen molar-refractivity contribution in [1.82, 2.24) is 15.2 Å². The van der Waals surface area contributed by atoms with Crippen molar-refractivity contribution in [3.63, 3.8) is 0 Å². The molecule has 0 spiro atoms. The summed E-state index contributed by atoms with van der Waals surface area (Å²) >= 11 is 0. The van der Waals surface area contributed by atoms with Crippen molar-refractivity contribution in [2.24, 2.45) is 5.84 Å². The Morgan fingerprint density at radius 1 is 1.33 bits per heavy atom. The molecule has 18 heavy (non-hydrogen) atoms. The van der Waals surface area contributed by atoms with Crippen molar-refractivity contribution in [3.05, 3.63) is 35.4 Å². The summed E-state index contributed by atoms with van der Waals surface area (Å²) in [5.41, 5.74) is 5.54. The number of benzene rings is 1. The molecule has 4 heteroatoms. The van der Waals surface area contributed by atoms with E-state index < -0.39 is 0 Å². The molecular formula is C14H24N4. The number of hydrogen-bond donors (Lipinski definition) is 2. The molecule has 1 aromatic carbocycles. The third-order valence-corrected chi connectivity index (χ3v) is 3.86. The van der Waals surface area contributed by atoms with Crippen molar-refractivity contribution < 1.29 is 0 Å². The molecule has 0 aromatic heterocycles. The highest BCUT2D eigenvalue weighted by Gasteiger charge is 2.30. The lowest BCUT2D eigenvalue weighted by Gasteiger charge is -2.41. The number of nitrogens with one attached hydrogen (secondary N) is 1. The standard InChI is InChI=1S/C14H24N4/c1-11-5-4-6-12(9-11)14(16-15)13-10-17(2)7-8-18(13)3/h4-6,9,13-14,16H,7-8,10,15H2,1-3H3. The van der Waals surface area contributed by atoms with E-state index in [0.717, 1.165) is 19.6 Å². The van der Waals surface area contributed by atoms with E-state index in [4.69, 9.17) is 5.84 Å². The molecule has 1 saturated heterocycles. The van der Waals surface area contributed by atoms with Crippen molar-refractivity contribution in [2.75, 3.05) is 33.7 Å². The summed E-state index contributed by atoms with van der Waals surface area (Å²) in [7, 11) is 4.35. The van der Waals surface area contributed by atoms with Crippen molar-refractivity contribution in [3.8, 4) is 0 Å². The number of likely N-dealkylation sites (N-methyl/N-ethyl adjacent to an activating group) is 2. The van der Waals surface area contributed by atoms with Gasteiger partial charge < -0.3 is 4.90 Å². The molecule has 1 heterocycles. The largest absolute Gasteiger partial charge is 0.303 e. The van der Waals surface area contributed by atoms with E-state index in [1.54, 1.807) is 0 Å². The van der Waals surface area contributed by atoms with Gasteiger partial charge in [-0.15, -0.1) is 0 Å². The maximum atomic E-state index is 5.80. The van der Waals surface area contributed by atoms with Crippen molar-refractivity contribution in [2.45, 2.75) is 19.0 Å². The highest BCUT2D eigenvalue weighted by molar-refractivity contribution is 5.26. The average molecular weight is 248 g/mol. The van der Waals surface area contributed by atoms with E-state index in [-0.39, 0.29) is 6.04 Å². The normalized spacial score (nSPS) is 24.1. The van der Waals surface area contributed by atoms with E-state index >= 15 is 0 Å². The Morgan fingerprint density at radius 3 is 2.78 bits per heavy atom. The number of piperazine rings is 1. The first-order valence-corrected chi connectivity index (χ1v) is 6.53. The second-order valence-corrected chi connectivity index (χ2v) is 5.37. The van der Waals surface area contributed by atoms with Crippen molar-refractivity contribution >= 4 is 0 Å². The Hall–Kier alpha value is -0.940. The summed E-state index contributed by atoms with van der Waals surface area (Å²) in [5, 5.41) is 0. The lowest BCUT2D eigenvalue weighted by Crippen LogP contribution is -2.56. The van der Waals surface area contributed by atoms with Gasteiger partial charge in [0.1, 0.15) is 0 Å². The van der Waals surface area contributed by atoms with Crippen LogP contribution in [0.4, 0.5) is 0 Å². The van der Waals surface area contributed by atoms with Crippen LogP contribution in [0, 0.1) is 6.92 Å². The van der Waals surface area contributed by atoms with Crippen LogP contribution in [-0.2, 0) is 0 Å². The van der Waals surface area contributed by atoms with Gasteiger partial charge in [-0.2, -0.15) is 0 Å². The van der Waals surface area contributed by atoms with Crippen LogP contribution in [0.15, 0.2) is 24.3 Å². The molecule has 4 nitrogen and oxygen atoms in total. The molecule has 3 N–H and O–H groups in total. The topological polar surface area (TPSA) is 44.5 Å². The second-order valence-electron chi connectivity index (χ2n) is 5.37. The zero-order chi connectivity index (χ0) is 13.1. The monoisotopic (exact) mass is 248 g/mol. The van der Waals surface area contributed by atoms with Crippen LogP contribution in [0.3, 0.4) is 0 Å². The summed E-state index contributed by atoms with van der Waals surface area (Å²) in [4.78, 5) is 4.76. The van der Waals surface area contributed by atoms with Gasteiger partial charge in [0.05, 0.1) is 6.04 Å². The first-order valence-electron chi connectivity index (χ1n) is 6.53. The van der Waals surface area contributed by atoms with E-state index in [2.05, 4.69) is 60.5 Å². The number of nitrogens with zero attached hydrogens (tertiary/aromatic N) is 2. The molecule has 1 aromatic rings. The van der Waals surface area contributed by atoms with E-state index in [0.29, 0.717) is 6.04 Å². The van der Waals surface area contributed by atoms with Gasteiger partial charge in [-0.3, -0.25) is 16.2 Å². The molecule has 1 aliphatic heterocycles. The van der Waals surface area contributed by atoms with E-state index in [9.17, 15) is 0 Å². The van der Waals surface area contributed by atoms with Gasteiger partial charge >= 0.3 is 0 Å². The Kier molecular flexibility index (Phi) is 4.35. The number of hydrazine groups is 1. The molecule has 2 unspecified atom stereocenters. The van der Waals surface area contributed by atoms with Gasteiger partial charge in [0.25, 0.3) is 0 Å². The highest BCUT2D eigenvalue weighted by Crippen LogP contribution is 2.23. The molecular weight excluding hydrogens is 224 g/mol. The molecule has 0 saturated carbocycles. The summed E-state index contributed by atoms with van der Waals surface area (Å²) in [6, 6.07) is 9.18. The van der Waals surface area contributed by atoms with Crippen LogP contribution < -0.4 is 11.3 Å². The van der Waals surface area contributed by atoms with Crippen LogP contribution >= 0.6 is 0 Å². The van der Waals surface area contributed by atoms with Crippen LogP contribution in [0.25, 0.3) is 0 Å². The fraction of sp³-hybridized carbons (Fsp3) is 0.571. The minimum atomic E-state index is 0.178. The predicted octanol–water partition coefficient (Wildman–Crippen LogP) is 0.745. The quantitative estimate of drug-likeness (QED) is 0.612. The molecule has 0 bridgehead atoms. The molecule has 100 valence electrons. The van der Waals surface area contributed by atoms with Gasteiger partial charge in [-0.25, -0.2) is 0 Å². The summed E-state index contributed by atoms with van der Waals surface area (Å²) in [6.45, 7) is 5.37. The first kappa shape index (κ1) is 13.5. The maximum absolute atomic E-state index is 5.80. The van der Waals surface area contributed by atoms with Gasteiger partial charge in [0.15, 0.2) is 0 Å². The summed E-state index contributed by atoms with van der Waals surface area (Å²) in [5.74, 6) is 5.80. The van der Waals surface area contributed by atoms with Crippen LogP contribution in [0.5, 0.6) is 0 Å². The second kappa shape index (κ2) is 5.80. The number of rotatable bonds is 3. The molecule has 0 aliphatic carbocycles. The Bertz CT molecular complexity index is 393. The fourth-order valence-electron chi connectivity index (χ4n) is 2.70. The summed E-state index contributed by atoms with van der Waals surface area (Å²) < 4.78 is 0. The molecule has 2 atom stereocenters. The zero-order valence-electron chi connectivity index (χ0n) is 11.6. The minimum Gasteiger partial charge on any atom is -0.303 e. The average Bonchev–Trinajstić information content (AvgIpc) is 2.35. The van der Waals surface area contributed by atoms with Gasteiger partial charge in [-0.1, -0.05) is 29.8 Å². The van der Waals surface area contributed by atoms with Gasteiger partial charge in [0, 0.05) is 25.7 Å². The minimum absolute atomic E-state index is 0.178. The van der Waals surface area contributed by atoms with Crippen LogP contribution in [-0.4, -0.2) is 49.6 Å². The Balaban J connectivity index is 2.21. The van der Waals surface area contributed by atoms with Gasteiger partial charge in [-0.05, 0) is 26.6 Å². The summed E-state index contributed by atoms with van der Waals surface area (Å²) in [6.07, 6.45) is 0. The number of nitrogens with two attached hydrogens (primary N) is 1. The maximum Gasteiger partial charge on any atom is 0.0627 e. The van der Waals surface area contributed by atoms with Crippen LogP contribution in [0.1, 0.15) is 17.2 Å². The molecule has 0 radical (unpaired) electrons. The smallest absolute Gasteiger partial charge is 0.0627 e. The fourth-order valence-corrected chi connectivity index (χ4v) is 2.70. The third-order valence-electron chi connectivity index (χ3n) is 3.86. The SMILES string of the molecule is Cc1cccc(C(NN)C2CN(C)CCN2C)c1. The number of aryl methyl sites for hydroxylation is 1. The zero-order valence-corrected chi connectivity index (χ0v) is 11.6. The lowest BCUT2D eigenvalue weighted by atomic mass is 9.96. The van der Waals surface area contributed by atoms with E-state index in [1.807, 2.05) is 0 Å². The molecule has 1 aliphatic rings.